The van der Waals surface area contributed by atoms with Crippen LogP contribution in [0.1, 0.15) is 6.92 Å². The maximum atomic E-state index is 12.2. The molecule has 0 N–H and O–H groups in total. The number of methoxy groups -OCH3 is 2. The second-order valence-corrected chi connectivity index (χ2v) is 5.66. The van der Waals surface area contributed by atoms with Gasteiger partial charge in [-0.2, -0.15) is 0 Å². The lowest BCUT2D eigenvalue weighted by Crippen LogP contribution is -2.33. The van der Waals surface area contributed by atoms with Gasteiger partial charge in [0.2, 0.25) is 0 Å². The molecule has 1 rings (SSSR count). The summed E-state index contributed by atoms with van der Waals surface area (Å²) in [6, 6.07) is 4.06. The van der Waals surface area contributed by atoms with E-state index in [0.717, 1.165) is 7.05 Å². The Hall–Kier alpha value is -1.96. The van der Waals surface area contributed by atoms with E-state index in [1.54, 1.807) is 6.92 Å². The van der Waals surface area contributed by atoms with Gasteiger partial charge in [0, 0.05) is 13.1 Å². The zero-order valence-corrected chi connectivity index (χ0v) is 12.6. The highest BCUT2D eigenvalue weighted by molar-refractivity contribution is 7.89. The molecule has 0 heterocycles. The molecule has 20 heavy (non-hydrogen) atoms. The molecule has 1 amide bonds. The van der Waals surface area contributed by atoms with E-state index >= 15 is 0 Å². The predicted octanol–water partition coefficient (Wildman–Crippen LogP) is 1.48. The van der Waals surface area contributed by atoms with Gasteiger partial charge in [0.1, 0.15) is 0 Å². The molecule has 0 atom stereocenters. The van der Waals surface area contributed by atoms with E-state index in [0.29, 0.717) is 10.1 Å². The van der Waals surface area contributed by atoms with Crippen LogP contribution < -0.4 is 9.47 Å². The van der Waals surface area contributed by atoms with Crippen LogP contribution in [-0.2, 0) is 14.8 Å². The van der Waals surface area contributed by atoms with Gasteiger partial charge in [0.05, 0.1) is 25.7 Å². The van der Waals surface area contributed by atoms with E-state index < -0.39 is 16.1 Å². The van der Waals surface area contributed by atoms with Gasteiger partial charge >= 0.3 is 6.09 Å². The first-order chi connectivity index (χ1) is 9.38. The summed E-state index contributed by atoms with van der Waals surface area (Å²) in [5, 5.41) is 0. The Bertz CT molecular complexity index is 584. The molecule has 0 unspecified atom stereocenters. The van der Waals surface area contributed by atoms with Crippen LogP contribution in [0.2, 0.25) is 0 Å². The Morgan fingerprint density at radius 3 is 2.30 bits per heavy atom. The van der Waals surface area contributed by atoms with Crippen molar-refractivity contribution >= 4 is 16.1 Å². The van der Waals surface area contributed by atoms with E-state index in [1.807, 2.05) is 0 Å². The lowest BCUT2D eigenvalue weighted by molar-refractivity contribution is 0.136. The number of hydrogen-bond acceptors (Lipinski definition) is 6. The number of rotatable bonds is 5. The monoisotopic (exact) mass is 303 g/mol. The largest absolute Gasteiger partial charge is 0.493 e. The minimum atomic E-state index is -3.99. The van der Waals surface area contributed by atoms with Gasteiger partial charge in [0.15, 0.2) is 11.5 Å². The summed E-state index contributed by atoms with van der Waals surface area (Å²) in [5.41, 5.74) is 0. The van der Waals surface area contributed by atoms with Crippen molar-refractivity contribution in [2.24, 2.45) is 0 Å². The molecule has 8 heteroatoms. The standard InChI is InChI=1S/C12H17NO6S/c1-5-19-12(14)13(2)20(15,16)9-6-7-10(17-3)11(8-9)18-4/h6-8H,5H2,1-4H3. The van der Waals surface area contributed by atoms with Crippen molar-refractivity contribution in [1.29, 1.82) is 0 Å². The summed E-state index contributed by atoms with van der Waals surface area (Å²) in [6.07, 6.45) is -0.942. The highest BCUT2D eigenvalue weighted by Gasteiger charge is 2.27. The molecule has 0 spiro atoms. The predicted molar refractivity (Wildman–Crippen MR) is 71.5 cm³/mol. The molecule has 0 bridgehead atoms. The van der Waals surface area contributed by atoms with Gasteiger partial charge in [-0.05, 0) is 19.1 Å². The van der Waals surface area contributed by atoms with Crippen LogP contribution in [0.3, 0.4) is 0 Å². The van der Waals surface area contributed by atoms with Crippen molar-refractivity contribution in [2.45, 2.75) is 11.8 Å². The molecule has 0 aliphatic heterocycles. The quantitative estimate of drug-likeness (QED) is 0.819. The van der Waals surface area contributed by atoms with Gasteiger partial charge in [-0.1, -0.05) is 0 Å². The molecule has 0 aliphatic rings. The van der Waals surface area contributed by atoms with Crippen LogP contribution in [0.4, 0.5) is 4.79 Å². The fraction of sp³-hybridized carbons (Fsp3) is 0.417. The van der Waals surface area contributed by atoms with Crippen LogP contribution in [0.15, 0.2) is 23.1 Å². The fourth-order valence-corrected chi connectivity index (χ4v) is 2.51. The van der Waals surface area contributed by atoms with Crippen molar-refractivity contribution in [3.05, 3.63) is 18.2 Å². The number of carbonyl (C=O) groups is 1. The minimum Gasteiger partial charge on any atom is -0.493 e. The number of hydrogen-bond donors (Lipinski definition) is 0. The fourth-order valence-electron chi connectivity index (χ4n) is 1.45. The zero-order valence-electron chi connectivity index (χ0n) is 11.7. The van der Waals surface area contributed by atoms with Crippen LogP contribution in [0, 0.1) is 0 Å². The maximum absolute atomic E-state index is 12.2. The highest BCUT2D eigenvalue weighted by atomic mass is 32.2. The summed E-state index contributed by atoms with van der Waals surface area (Å²) in [6.45, 7) is 1.68. The third-order valence-electron chi connectivity index (χ3n) is 2.54. The van der Waals surface area contributed by atoms with Gasteiger partial charge in [-0.25, -0.2) is 17.5 Å². The SMILES string of the molecule is CCOC(=O)N(C)S(=O)(=O)c1ccc(OC)c(OC)c1. The van der Waals surface area contributed by atoms with Gasteiger partial charge in [-0.3, -0.25) is 0 Å². The Kier molecular flexibility index (Phi) is 5.20. The van der Waals surface area contributed by atoms with Gasteiger partial charge in [0.25, 0.3) is 10.0 Å². The molecule has 112 valence electrons. The summed E-state index contributed by atoms with van der Waals surface area (Å²) in [4.78, 5) is 11.4. The molecule has 1 aromatic carbocycles. The second-order valence-electron chi connectivity index (χ2n) is 3.69. The van der Waals surface area contributed by atoms with Crippen LogP contribution in [0.25, 0.3) is 0 Å². The van der Waals surface area contributed by atoms with Crippen molar-refractivity contribution < 1.29 is 27.4 Å². The average Bonchev–Trinajstić information content (AvgIpc) is 2.45. The third kappa shape index (κ3) is 3.13. The molecule has 0 saturated carbocycles. The molecular weight excluding hydrogens is 286 g/mol. The first-order valence-electron chi connectivity index (χ1n) is 5.76. The molecule has 0 aromatic heterocycles. The van der Waals surface area contributed by atoms with Gasteiger partial charge in [-0.15, -0.1) is 0 Å². The number of nitrogens with zero attached hydrogens (tertiary/aromatic N) is 1. The Morgan fingerprint density at radius 2 is 1.80 bits per heavy atom. The minimum absolute atomic E-state index is 0.0879. The maximum Gasteiger partial charge on any atom is 0.423 e. The van der Waals surface area contributed by atoms with Crippen molar-refractivity contribution in [1.82, 2.24) is 4.31 Å². The first-order valence-corrected chi connectivity index (χ1v) is 7.20. The molecule has 0 aliphatic carbocycles. The summed E-state index contributed by atoms with van der Waals surface area (Å²) in [7, 11) is -0.0323. The van der Waals surface area contributed by atoms with Crippen molar-refractivity contribution in [3.63, 3.8) is 0 Å². The lowest BCUT2D eigenvalue weighted by atomic mass is 10.3. The summed E-state index contributed by atoms with van der Waals surface area (Å²) < 4.78 is 39.8. The molecule has 0 saturated heterocycles. The van der Waals surface area contributed by atoms with Crippen molar-refractivity contribution in [2.75, 3.05) is 27.9 Å². The zero-order chi connectivity index (χ0) is 15.3. The average molecular weight is 303 g/mol. The number of amides is 1. The Labute approximate surface area is 118 Å². The third-order valence-corrected chi connectivity index (χ3v) is 4.26. The molecule has 7 nitrogen and oxygen atoms in total. The van der Waals surface area contributed by atoms with E-state index in [1.165, 1.54) is 32.4 Å². The van der Waals surface area contributed by atoms with Crippen LogP contribution in [-0.4, -0.2) is 46.7 Å². The highest BCUT2D eigenvalue weighted by Crippen LogP contribution is 2.30. The second kappa shape index (κ2) is 6.47. The number of sulfonamides is 1. The first kappa shape index (κ1) is 16.1. The van der Waals surface area contributed by atoms with Crippen LogP contribution in [0.5, 0.6) is 11.5 Å². The normalized spacial score (nSPS) is 10.8. The number of ether oxygens (including phenoxy) is 3. The van der Waals surface area contributed by atoms with Crippen molar-refractivity contribution in [3.8, 4) is 11.5 Å². The molecule has 0 radical (unpaired) electrons. The van der Waals surface area contributed by atoms with E-state index in [-0.39, 0.29) is 17.3 Å². The smallest absolute Gasteiger partial charge is 0.423 e. The Balaban J connectivity index is 3.19. The van der Waals surface area contributed by atoms with Crippen LogP contribution >= 0.6 is 0 Å². The summed E-state index contributed by atoms with van der Waals surface area (Å²) >= 11 is 0. The molecule has 0 fully saturated rings. The van der Waals surface area contributed by atoms with E-state index in [4.69, 9.17) is 9.47 Å². The number of carbonyl (C=O) groups excluding carboxylic acids is 1. The Morgan fingerprint density at radius 1 is 1.20 bits per heavy atom. The molecule has 1 aromatic rings. The summed E-state index contributed by atoms with van der Waals surface area (Å²) in [5.74, 6) is 0.649. The topological polar surface area (TPSA) is 82.1 Å². The lowest BCUT2D eigenvalue weighted by Gasteiger charge is -2.17. The molecular formula is C12H17NO6S. The van der Waals surface area contributed by atoms with E-state index in [9.17, 15) is 13.2 Å². The number of benzene rings is 1. The van der Waals surface area contributed by atoms with E-state index in [2.05, 4.69) is 4.74 Å². The van der Waals surface area contributed by atoms with Gasteiger partial charge < -0.3 is 14.2 Å².